The van der Waals surface area contributed by atoms with Crippen LogP contribution in [0.25, 0.3) is 0 Å². The fourth-order valence-corrected chi connectivity index (χ4v) is 1.77. The first-order valence-corrected chi connectivity index (χ1v) is 6.38. The van der Waals surface area contributed by atoms with Gasteiger partial charge in [-0.05, 0) is 24.6 Å². The molecule has 112 valence electrons. The van der Waals surface area contributed by atoms with Gasteiger partial charge in [0.25, 0.3) is 0 Å². The number of benzene rings is 1. The molecule has 2 rings (SSSR count). The highest BCUT2D eigenvalue weighted by atomic mass is 16.6. The highest BCUT2D eigenvalue weighted by Gasteiger charge is 2.16. The van der Waals surface area contributed by atoms with E-state index in [-0.39, 0.29) is 12.5 Å². The molecule has 7 heteroatoms. The average molecular weight is 292 g/mol. The van der Waals surface area contributed by atoms with E-state index in [4.69, 9.17) is 18.7 Å². The molecule has 0 fully saturated rings. The zero-order valence-corrected chi connectivity index (χ0v) is 12.1. The highest BCUT2D eigenvalue weighted by Crippen LogP contribution is 2.28. The fourth-order valence-electron chi connectivity index (χ4n) is 1.77. The third-order valence-corrected chi connectivity index (χ3v) is 2.73. The van der Waals surface area contributed by atoms with E-state index in [0.717, 1.165) is 5.56 Å². The number of esters is 1. The van der Waals surface area contributed by atoms with E-state index < -0.39 is 5.97 Å². The molecule has 21 heavy (non-hydrogen) atoms. The maximum absolute atomic E-state index is 11.4. The summed E-state index contributed by atoms with van der Waals surface area (Å²) in [6.07, 6.45) is 0.406. The van der Waals surface area contributed by atoms with Crippen molar-refractivity contribution in [3.05, 3.63) is 35.5 Å². The number of carbonyl (C=O) groups is 1. The van der Waals surface area contributed by atoms with E-state index in [1.807, 2.05) is 12.1 Å². The van der Waals surface area contributed by atoms with E-state index >= 15 is 0 Å². The van der Waals surface area contributed by atoms with Crippen molar-refractivity contribution >= 4 is 5.97 Å². The Morgan fingerprint density at radius 2 is 2.00 bits per heavy atom. The minimum absolute atomic E-state index is 0.146. The Morgan fingerprint density at radius 1 is 1.24 bits per heavy atom. The first kappa shape index (κ1) is 14.8. The SMILES string of the molecule is CCOC(=O)c1nc(Cc2ccc(OC)c(OC)c2)no1. The first-order valence-electron chi connectivity index (χ1n) is 6.38. The molecule has 0 unspecified atom stereocenters. The molecule has 7 nitrogen and oxygen atoms in total. The van der Waals surface area contributed by atoms with Crippen molar-refractivity contribution in [1.29, 1.82) is 0 Å². The van der Waals surface area contributed by atoms with Gasteiger partial charge in [-0.3, -0.25) is 0 Å². The summed E-state index contributed by atoms with van der Waals surface area (Å²) in [4.78, 5) is 15.4. The lowest BCUT2D eigenvalue weighted by atomic mass is 10.1. The molecule has 0 amide bonds. The lowest BCUT2D eigenvalue weighted by Gasteiger charge is -2.08. The summed E-state index contributed by atoms with van der Waals surface area (Å²) in [5, 5.41) is 3.75. The second kappa shape index (κ2) is 6.74. The summed E-state index contributed by atoms with van der Waals surface area (Å²) >= 11 is 0. The van der Waals surface area contributed by atoms with Gasteiger partial charge in [-0.1, -0.05) is 11.2 Å². The van der Waals surface area contributed by atoms with Crippen LogP contribution in [-0.2, 0) is 11.2 Å². The molecular formula is C14H16N2O5. The van der Waals surface area contributed by atoms with Gasteiger partial charge in [-0.25, -0.2) is 4.79 Å². The smallest absolute Gasteiger partial charge is 0.397 e. The molecule has 0 saturated carbocycles. The van der Waals surface area contributed by atoms with Gasteiger partial charge >= 0.3 is 11.9 Å². The van der Waals surface area contributed by atoms with Crippen LogP contribution in [-0.4, -0.2) is 36.9 Å². The molecule has 2 aromatic rings. The molecule has 0 aliphatic carbocycles. The average Bonchev–Trinajstić information content (AvgIpc) is 2.96. The molecule has 0 N–H and O–H groups in total. The van der Waals surface area contributed by atoms with E-state index in [9.17, 15) is 4.79 Å². The number of aromatic nitrogens is 2. The highest BCUT2D eigenvalue weighted by molar-refractivity contribution is 5.83. The van der Waals surface area contributed by atoms with Gasteiger partial charge in [0.15, 0.2) is 17.3 Å². The molecule has 0 saturated heterocycles. The van der Waals surface area contributed by atoms with Crippen LogP contribution < -0.4 is 9.47 Å². The molecule has 0 bridgehead atoms. The second-order valence-corrected chi connectivity index (χ2v) is 4.10. The number of rotatable bonds is 6. The van der Waals surface area contributed by atoms with Crippen molar-refractivity contribution in [2.45, 2.75) is 13.3 Å². The van der Waals surface area contributed by atoms with Crippen molar-refractivity contribution < 1.29 is 23.5 Å². The quantitative estimate of drug-likeness (QED) is 0.751. The van der Waals surface area contributed by atoms with Crippen LogP contribution in [0, 0.1) is 0 Å². The minimum Gasteiger partial charge on any atom is -0.493 e. The van der Waals surface area contributed by atoms with E-state index in [1.165, 1.54) is 0 Å². The van der Waals surface area contributed by atoms with Crippen LogP contribution in [0.15, 0.2) is 22.7 Å². The van der Waals surface area contributed by atoms with Gasteiger partial charge in [0.2, 0.25) is 0 Å². The Hall–Kier alpha value is -2.57. The minimum atomic E-state index is -0.622. The first-order chi connectivity index (χ1) is 10.2. The van der Waals surface area contributed by atoms with Gasteiger partial charge in [-0.2, -0.15) is 4.98 Å². The molecule has 0 atom stereocenters. The monoisotopic (exact) mass is 292 g/mol. The van der Waals surface area contributed by atoms with Crippen molar-refractivity contribution in [3.63, 3.8) is 0 Å². The van der Waals surface area contributed by atoms with Gasteiger partial charge in [0.1, 0.15) is 0 Å². The van der Waals surface area contributed by atoms with Gasteiger partial charge < -0.3 is 18.7 Å². The summed E-state index contributed by atoms with van der Waals surface area (Å²) in [6, 6.07) is 5.47. The number of hydrogen-bond acceptors (Lipinski definition) is 7. The third-order valence-electron chi connectivity index (χ3n) is 2.73. The van der Waals surface area contributed by atoms with Crippen LogP contribution in [0.3, 0.4) is 0 Å². The van der Waals surface area contributed by atoms with Crippen LogP contribution in [0.1, 0.15) is 29.0 Å². The summed E-state index contributed by atoms with van der Waals surface area (Å²) in [5.41, 5.74) is 0.906. The predicted molar refractivity (Wildman–Crippen MR) is 72.6 cm³/mol. The third kappa shape index (κ3) is 3.50. The molecule has 0 spiro atoms. The van der Waals surface area contributed by atoms with Crippen LogP contribution in [0.5, 0.6) is 11.5 Å². The summed E-state index contributed by atoms with van der Waals surface area (Å²) in [6.45, 7) is 1.96. The Balaban J connectivity index is 2.13. The van der Waals surface area contributed by atoms with E-state index in [0.29, 0.717) is 23.7 Å². The van der Waals surface area contributed by atoms with E-state index in [2.05, 4.69) is 10.1 Å². The maximum atomic E-state index is 11.4. The molecule has 1 heterocycles. The lowest BCUT2D eigenvalue weighted by Crippen LogP contribution is -2.05. The van der Waals surface area contributed by atoms with Crippen molar-refractivity contribution in [1.82, 2.24) is 10.1 Å². The topological polar surface area (TPSA) is 83.7 Å². The summed E-state index contributed by atoms with van der Waals surface area (Å²) < 4.78 is 20.0. The molecule has 0 aliphatic rings. The van der Waals surface area contributed by atoms with E-state index in [1.54, 1.807) is 27.2 Å². The van der Waals surface area contributed by atoms with Crippen molar-refractivity contribution in [2.24, 2.45) is 0 Å². The summed E-state index contributed by atoms with van der Waals surface area (Å²) in [7, 11) is 3.14. The Labute approximate surface area is 121 Å². The normalized spacial score (nSPS) is 10.2. The molecule has 1 aromatic carbocycles. The number of nitrogens with zero attached hydrogens (tertiary/aromatic N) is 2. The zero-order chi connectivity index (χ0) is 15.2. The standard InChI is InChI=1S/C14H16N2O5/c1-4-20-14(17)13-15-12(16-21-13)8-9-5-6-10(18-2)11(7-9)19-3/h5-7H,4,8H2,1-3H3. The summed E-state index contributed by atoms with van der Waals surface area (Å²) in [5.74, 6) is 0.881. The Morgan fingerprint density at radius 3 is 2.67 bits per heavy atom. The van der Waals surface area contributed by atoms with Gasteiger partial charge in [0, 0.05) is 6.42 Å². The van der Waals surface area contributed by atoms with Crippen molar-refractivity contribution in [2.75, 3.05) is 20.8 Å². The van der Waals surface area contributed by atoms with Crippen LogP contribution >= 0.6 is 0 Å². The van der Waals surface area contributed by atoms with Gasteiger partial charge in [0.05, 0.1) is 20.8 Å². The number of hydrogen-bond donors (Lipinski definition) is 0. The zero-order valence-electron chi connectivity index (χ0n) is 12.1. The van der Waals surface area contributed by atoms with Crippen molar-refractivity contribution in [3.8, 4) is 11.5 Å². The fraction of sp³-hybridized carbons (Fsp3) is 0.357. The molecular weight excluding hydrogens is 276 g/mol. The largest absolute Gasteiger partial charge is 0.493 e. The molecule has 1 aromatic heterocycles. The molecule has 0 aliphatic heterocycles. The van der Waals surface area contributed by atoms with Gasteiger partial charge in [-0.15, -0.1) is 0 Å². The number of ether oxygens (including phenoxy) is 3. The number of carbonyl (C=O) groups excluding carboxylic acids is 1. The van der Waals surface area contributed by atoms with Crippen LogP contribution in [0.2, 0.25) is 0 Å². The second-order valence-electron chi connectivity index (χ2n) is 4.10. The Bertz CT molecular complexity index is 624. The Kier molecular flexibility index (Phi) is 4.76. The maximum Gasteiger partial charge on any atom is 0.397 e. The predicted octanol–water partition coefficient (Wildman–Crippen LogP) is 1.85. The molecule has 0 radical (unpaired) electrons. The van der Waals surface area contributed by atoms with Crippen LogP contribution in [0.4, 0.5) is 0 Å². The number of methoxy groups -OCH3 is 2. The lowest BCUT2D eigenvalue weighted by molar-refractivity contribution is 0.0470.